The Morgan fingerprint density at radius 3 is 2.20 bits per heavy atom. The maximum absolute atomic E-state index is 14.1. The highest BCUT2D eigenvalue weighted by Gasteiger charge is 2.52. The Kier molecular flexibility index (Phi) is 11.7. The van der Waals surface area contributed by atoms with Crippen molar-refractivity contribution in [1.29, 1.82) is 0 Å². The molecule has 6 rings (SSSR count). The zero-order valence-electron chi connectivity index (χ0n) is 31.0. The lowest BCUT2D eigenvalue weighted by molar-refractivity contribution is -0.150. The number of allylic oxidation sites excluding steroid dienone is 3. The normalized spacial score (nSPS) is 22.1. The van der Waals surface area contributed by atoms with E-state index in [2.05, 4.69) is 5.32 Å². The molecule has 2 aromatic rings. The van der Waals surface area contributed by atoms with Gasteiger partial charge in [-0.1, -0.05) is 51.0 Å². The molecule has 0 radical (unpaired) electrons. The van der Waals surface area contributed by atoms with Gasteiger partial charge >= 0.3 is 5.97 Å². The summed E-state index contributed by atoms with van der Waals surface area (Å²) in [5.41, 5.74) is 3.03. The number of hydrogen-bond donors (Lipinski definition) is 2. The first-order chi connectivity index (χ1) is 25.6. The quantitative estimate of drug-likeness (QED) is 0.0968. The molecule has 4 aliphatic rings. The number of carbonyl (C=O) groups excluding carboxylic acids is 1. The number of alkyl halides is 5. The zero-order valence-corrected chi connectivity index (χ0v) is 31.7. The number of amides is 1. The lowest BCUT2D eigenvalue weighted by Crippen LogP contribution is -2.64. The van der Waals surface area contributed by atoms with E-state index in [1.54, 1.807) is 21.9 Å². The molecular weight excluding hydrogens is 726 g/mol. The van der Waals surface area contributed by atoms with Gasteiger partial charge in [-0.2, -0.15) is 0 Å². The van der Waals surface area contributed by atoms with Gasteiger partial charge < -0.3 is 24.8 Å². The van der Waals surface area contributed by atoms with E-state index in [0.717, 1.165) is 36.8 Å². The van der Waals surface area contributed by atoms with Gasteiger partial charge in [-0.05, 0) is 83.5 Å². The first-order valence-electron chi connectivity index (χ1n) is 18.5. The predicted molar refractivity (Wildman–Crippen MR) is 201 cm³/mol. The molecule has 13 heteroatoms. The average Bonchev–Trinajstić information content (AvgIpc) is 3.10. The van der Waals surface area contributed by atoms with Crippen LogP contribution in [0.4, 0.5) is 23.2 Å². The number of likely N-dealkylation sites (tertiary alicyclic amines) is 1. The van der Waals surface area contributed by atoms with Crippen LogP contribution in [0.25, 0.3) is 5.57 Å². The molecule has 0 aromatic heterocycles. The third-order valence-corrected chi connectivity index (χ3v) is 11.1. The maximum Gasteiger partial charge on any atom is 0.336 e. The van der Waals surface area contributed by atoms with Crippen LogP contribution in [-0.4, -0.2) is 104 Å². The van der Waals surface area contributed by atoms with Crippen LogP contribution in [0.1, 0.15) is 83.9 Å². The maximum atomic E-state index is 14.1. The second kappa shape index (κ2) is 15.8. The molecule has 2 aromatic carbocycles. The molecule has 2 fully saturated rings. The van der Waals surface area contributed by atoms with Crippen molar-refractivity contribution in [2.75, 3.05) is 69.9 Å². The van der Waals surface area contributed by atoms with Gasteiger partial charge in [0.05, 0.1) is 57.1 Å². The van der Waals surface area contributed by atoms with Crippen LogP contribution in [0.2, 0.25) is 0 Å². The number of nitrogens with zero attached hydrogens (tertiary/aromatic N) is 2. The number of halogens is 5. The molecule has 1 unspecified atom stereocenters. The summed E-state index contributed by atoms with van der Waals surface area (Å²) in [7, 11) is 0. The van der Waals surface area contributed by atoms with Crippen LogP contribution in [0.3, 0.4) is 0 Å². The van der Waals surface area contributed by atoms with Crippen molar-refractivity contribution in [3.8, 4) is 0 Å². The molecule has 0 saturated carbocycles. The molecule has 2 heterocycles. The van der Waals surface area contributed by atoms with Crippen LogP contribution in [0.5, 0.6) is 0 Å². The Balaban J connectivity index is 1.27. The van der Waals surface area contributed by atoms with Gasteiger partial charge in [0, 0.05) is 35.7 Å². The number of carboxylic acid groups (broad SMARTS) is 1. The number of benzene rings is 2. The summed E-state index contributed by atoms with van der Waals surface area (Å²) in [5.74, 6) is -6.52. The molecule has 0 bridgehead atoms. The van der Waals surface area contributed by atoms with E-state index in [9.17, 15) is 32.3 Å². The minimum atomic E-state index is -2.79. The molecule has 2 aliphatic carbocycles. The zero-order chi connectivity index (χ0) is 38.9. The molecule has 8 nitrogen and oxygen atoms in total. The predicted octanol–water partition coefficient (Wildman–Crippen LogP) is 7.70. The van der Waals surface area contributed by atoms with Crippen molar-refractivity contribution >= 4 is 34.7 Å². The molecule has 1 atom stereocenters. The van der Waals surface area contributed by atoms with Crippen LogP contribution in [0, 0.1) is 0 Å². The Bertz CT molecular complexity index is 1850. The summed E-state index contributed by atoms with van der Waals surface area (Å²) in [6.07, 6.45) is 9.78. The minimum Gasteiger partial charge on any atom is -0.478 e. The summed E-state index contributed by atoms with van der Waals surface area (Å²) in [5, 5.41) is 13.2. The van der Waals surface area contributed by atoms with E-state index in [1.165, 1.54) is 12.1 Å². The van der Waals surface area contributed by atoms with Crippen LogP contribution in [0.15, 0.2) is 65.8 Å². The van der Waals surface area contributed by atoms with Gasteiger partial charge in [-0.25, -0.2) is 22.4 Å². The van der Waals surface area contributed by atoms with E-state index < -0.39 is 60.9 Å². The Hall–Kier alpha value is -3.71. The first kappa shape index (κ1) is 40.0. The molecule has 2 saturated heterocycles. The van der Waals surface area contributed by atoms with Gasteiger partial charge in [0.1, 0.15) is 0 Å². The number of ether oxygens (including phenoxy) is 2. The van der Waals surface area contributed by atoms with Gasteiger partial charge in [-0.15, -0.1) is 11.6 Å². The van der Waals surface area contributed by atoms with Crippen molar-refractivity contribution in [3.05, 3.63) is 93.6 Å². The number of aromatic carboxylic acids is 1. The fraction of sp³-hybridized carbons (Fsp3) is 0.512. The molecule has 1 amide bonds. The van der Waals surface area contributed by atoms with Crippen LogP contribution in [-0.2, 0) is 14.9 Å². The van der Waals surface area contributed by atoms with Crippen LogP contribution < -0.4 is 10.2 Å². The van der Waals surface area contributed by atoms with Crippen molar-refractivity contribution < 1.29 is 41.7 Å². The molecular formula is C41H48ClF4N3O5. The average molecular weight is 774 g/mol. The Morgan fingerprint density at radius 1 is 0.852 bits per heavy atom. The molecule has 2 N–H and O–H groups in total. The lowest BCUT2D eigenvalue weighted by atomic mass is 9.62. The Labute approximate surface area is 318 Å². The number of anilines is 1. The fourth-order valence-electron chi connectivity index (χ4n) is 7.68. The largest absolute Gasteiger partial charge is 0.478 e. The highest BCUT2D eigenvalue weighted by molar-refractivity contribution is 6.17. The van der Waals surface area contributed by atoms with Crippen molar-refractivity contribution in [3.63, 3.8) is 0 Å². The number of nitrogens with one attached hydrogen (secondary N) is 1. The van der Waals surface area contributed by atoms with Crippen molar-refractivity contribution in [2.24, 2.45) is 0 Å². The van der Waals surface area contributed by atoms with Gasteiger partial charge in [0.2, 0.25) is 0 Å². The monoisotopic (exact) mass is 773 g/mol. The van der Waals surface area contributed by atoms with Crippen LogP contribution >= 0.6 is 11.6 Å². The summed E-state index contributed by atoms with van der Waals surface area (Å²) < 4.78 is 67.2. The number of carbonyl (C=O) groups is 2. The summed E-state index contributed by atoms with van der Waals surface area (Å²) in [6, 6.07) is 9.86. The van der Waals surface area contributed by atoms with E-state index in [0.29, 0.717) is 53.7 Å². The van der Waals surface area contributed by atoms with Gasteiger partial charge in [-0.3, -0.25) is 9.69 Å². The summed E-state index contributed by atoms with van der Waals surface area (Å²) in [6.45, 7) is 6.18. The summed E-state index contributed by atoms with van der Waals surface area (Å²) >= 11 is 5.70. The minimum absolute atomic E-state index is 0.0305. The highest BCUT2D eigenvalue weighted by Crippen LogP contribution is 2.53. The van der Waals surface area contributed by atoms with Crippen molar-refractivity contribution in [2.45, 2.75) is 69.3 Å². The lowest BCUT2D eigenvalue weighted by Gasteiger charge is -2.51. The van der Waals surface area contributed by atoms with Crippen molar-refractivity contribution in [1.82, 2.24) is 10.2 Å². The number of fused-ring (bicyclic) bond motifs is 2. The van der Waals surface area contributed by atoms with Gasteiger partial charge in [0.25, 0.3) is 17.8 Å². The molecule has 292 valence electrons. The van der Waals surface area contributed by atoms with E-state index in [-0.39, 0.29) is 24.3 Å². The number of hydrogen-bond acceptors (Lipinski definition) is 6. The number of unbranched alkanes of at least 4 members (excludes halogenated alkanes) is 3. The fourth-order valence-corrected chi connectivity index (χ4v) is 7.86. The molecule has 54 heavy (non-hydrogen) atoms. The second-order valence-corrected chi connectivity index (χ2v) is 15.7. The van der Waals surface area contributed by atoms with E-state index >= 15 is 0 Å². The second-order valence-electron chi connectivity index (χ2n) is 15.3. The SMILES string of the molecule is CC1(C)C2=CC(C)(N3CC(F)(F)C3)C=CC2=C(c2cc(C(=O)NCCOCCOCCCCCCCl)ccc2C(=O)O)c2ccc(N3CC(F)(F)C3)cc21. The smallest absolute Gasteiger partial charge is 0.336 e. The van der Waals surface area contributed by atoms with Gasteiger partial charge in [0.15, 0.2) is 0 Å². The van der Waals surface area contributed by atoms with E-state index in [1.807, 2.05) is 51.1 Å². The standard InChI is InChI=1S/C41H48ClF4N3O5/c1-38(2)33-21-28(48-23-40(43,44)24-48)9-11-30(33)35(31-12-13-39(3,22-34(31)38)49-25-41(45,46)26-49)32-20-27(8-10-29(32)37(51)52)36(50)47-15-17-54-19-18-53-16-7-5-4-6-14-42/h8-13,20-22H,4-7,14-19,23-26H2,1-3H3,(H,47,50)(H,51,52). The van der Waals surface area contributed by atoms with E-state index in [4.69, 9.17) is 21.1 Å². The molecule has 0 spiro atoms. The topological polar surface area (TPSA) is 91.3 Å². The third-order valence-electron chi connectivity index (χ3n) is 10.8. The number of carboxylic acids is 1. The Morgan fingerprint density at radius 2 is 1.54 bits per heavy atom. The summed E-state index contributed by atoms with van der Waals surface area (Å²) in [4.78, 5) is 29.4. The number of rotatable bonds is 17. The molecule has 2 aliphatic heterocycles. The first-order valence-corrected chi connectivity index (χ1v) is 19.0. The third kappa shape index (κ3) is 8.41. The highest BCUT2D eigenvalue weighted by atomic mass is 35.5.